The number of nitrogens with one attached hydrogen (secondary N) is 1. The van der Waals surface area contributed by atoms with Crippen molar-refractivity contribution in [3.05, 3.63) is 52.6 Å². The number of hydrogen-bond acceptors (Lipinski definition) is 4. The van der Waals surface area contributed by atoms with Gasteiger partial charge < -0.3 is 20.7 Å². The maximum absolute atomic E-state index is 11.7. The van der Waals surface area contributed by atoms with Crippen LogP contribution in [0.4, 0.5) is 11.4 Å². The van der Waals surface area contributed by atoms with Crippen molar-refractivity contribution >= 4 is 17.3 Å². The number of aryl methyl sites for hydroxylation is 2. The summed E-state index contributed by atoms with van der Waals surface area (Å²) in [4.78, 5) is 14.0. The maximum atomic E-state index is 11.7. The first-order valence-electron chi connectivity index (χ1n) is 9.52. The number of fused-ring (bicyclic) bond motifs is 1. The van der Waals surface area contributed by atoms with Crippen molar-refractivity contribution in [1.82, 2.24) is 4.90 Å². The third kappa shape index (κ3) is 4.80. The predicted molar refractivity (Wildman–Crippen MR) is 110 cm³/mol. The van der Waals surface area contributed by atoms with E-state index in [2.05, 4.69) is 42.4 Å². The lowest BCUT2D eigenvalue weighted by molar-refractivity contribution is -0.116. The van der Waals surface area contributed by atoms with E-state index in [1.807, 2.05) is 19.1 Å². The molecule has 3 N–H and O–H groups in total. The molecule has 0 atom stereocenters. The predicted octanol–water partition coefficient (Wildman–Crippen LogP) is 3.32. The van der Waals surface area contributed by atoms with Gasteiger partial charge in [-0.05, 0) is 62.6 Å². The molecular formula is C22H29N3O2. The fraction of sp³-hybridized carbons (Fsp3) is 0.409. The van der Waals surface area contributed by atoms with Gasteiger partial charge in [0, 0.05) is 30.8 Å². The Hall–Kier alpha value is -2.53. The molecule has 2 aromatic carbocycles. The van der Waals surface area contributed by atoms with Gasteiger partial charge in [0.25, 0.3) is 0 Å². The minimum atomic E-state index is 0.0859. The van der Waals surface area contributed by atoms with Crippen LogP contribution in [0, 0.1) is 13.8 Å². The van der Waals surface area contributed by atoms with Crippen molar-refractivity contribution in [3.63, 3.8) is 0 Å². The number of amides is 1. The van der Waals surface area contributed by atoms with Gasteiger partial charge in [-0.25, -0.2) is 0 Å². The zero-order chi connectivity index (χ0) is 19.4. The highest BCUT2D eigenvalue weighted by atomic mass is 16.5. The van der Waals surface area contributed by atoms with Crippen LogP contribution in [0.2, 0.25) is 0 Å². The van der Waals surface area contributed by atoms with Crippen LogP contribution in [-0.4, -0.2) is 37.6 Å². The van der Waals surface area contributed by atoms with Gasteiger partial charge in [-0.2, -0.15) is 0 Å². The summed E-state index contributed by atoms with van der Waals surface area (Å²) in [6, 6.07) is 10.1. The summed E-state index contributed by atoms with van der Waals surface area (Å²) in [6.45, 7) is 6.55. The first-order chi connectivity index (χ1) is 12.9. The number of anilines is 2. The Morgan fingerprint density at radius 3 is 2.59 bits per heavy atom. The Labute approximate surface area is 161 Å². The van der Waals surface area contributed by atoms with Crippen molar-refractivity contribution in [2.75, 3.05) is 37.8 Å². The zero-order valence-corrected chi connectivity index (χ0v) is 16.5. The lowest BCUT2D eigenvalue weighted by Crippen LogP contribution is -2.27. The van der Waals surface area contributed by atoms with Crippen molar-refractivity contribution < 1.29 is 9.53 Å². The number of benzene rings is 2. The molecule has 0 radical (unpaired) electrons. The number of likely N-dealkylation sites (N-methyl/N-ethyl adjacent to an activating group) is 1. The third-order valence-electron chi connectivity index (χ3n) is 5.11. The van der Waals surface area contributed by atoms with Crippen LogP contribution >= 0.6 is 0 Å². The first-order valence-corrected chi connectivity index (χ1v) is 9.52. The molecule has 0 aliphatic carbocycles. The molecule has 2 aromatic rings. The van der Waals surface area contributed by atoms with E-state index in [9.17, 15) is 4.79 Å². The molecule has 0 aromatic heterocycles. The maximum Gasteiger partial charge on any atom is 0.224 e. The van der Waals surface area contributed by atoms with Crippen molar-refractivity contribution in [2.45, 2.75) is 33.1 Å². The number of hydrogen-bond donors (Lipinski definition) is 2. The topological polar surface area (TPSA) is 67.6 Å². The van der Waals surface area contributed by atoms with Gasteiger partial charge in [-0.3, -0.25) is 4.79 Å². The van der Waals surface area contributed by atoms with Crippen LogP contribution in [0.3, 0.4) is 0 Å². The Bertz CT molecular complexity index is 815. The number of carbonyl (C=O) groups excluding carboxylic acids is 1. The van der Waals surface area contributed by atoms with E-state index in [1.165, 1.54) is 5.56 Å². The number of nitrogen functional groups attached to an aromatic ring is 1. The third-order valence-corrected chi connectivity index (χ3v) is 5.11. The van der Waals surface area contributed by atoms with Crippen molar-refractivity contribution in [3.8, 4) is 5.75 Å². The molecule has 1 heterocycles. The van der Waals surface area contributed by atoms with E-state index in [4.69, 9.17) is 10.5 Å². The lowest BCUT2D eigenvalue weighted by atomic mass is 9.95. The highest BCUT2D eigenvalue weighted by molar-refractivity contribution is 5.95. The molecule has 5 heteroatoms. The molecule has 0 bridgehead atoms. The Balaban J connectivity index is 1.55. The van der Waals surface area contributed by atoms with E-state index in [1.54, 1.807) is 0 Å². The second kappa shape index (κ2) is 8.44. The Kier molecular flexibility index (Phi) is 6.01. The van der Waals surface area contributed by atoms with Crippen LogP contribution in [0.15, 0.2) is 30.3 Å². The summed E-state index contributed by atoms with van der Waals surface area (Å²) in [5, 5.41) is 3.00. The molecule has 1 aliphatic heterocycles. The molecule has 0 saturated carbocycles. The smallest absolute Gasteiger partial charge is 0.224 e. The summed E-state index contributed by atoms with van der Waals surface area (Å²) in [6.07, 6.45) is 2.25. The molecule has 27 heavy (non-hydrogen) atoms. The van der Waals surface area contributed by atoms with Crippen molar-refractivity contribution in [2.24, 2.45) is 0 Å². The van der Waals surface area contributed by atoms with Gasteiger partial charge in [0.15, 0.2) is 0 Å². The SMILES string of the molecule is Cc1cc(C)c(OCCN(C)CCc2ccc(N)cc2)c2c1NC(=O)CC2. The van der Waals surface area contributed by atoms with E-state index >= 15 is 0 Å². The highest BCUT2D eigenvalue weighted by Crippen LogP contribution is 2.36. The summed E-state index contributed by atoms with van der Waals surface area (Å²) in [7, 11) is 2.11. The fourth-order valence-corrected chi connectivity index (χ4v) is 3.53. The minimum Gasteiger partial charge on any atom is -0.492 e. The number of rotatable bonds is 7. The number of nitrogens with zero attached hydrogens (tertiary/aromatic N) is 1. The summed E-state index contributed by atoms with van der Waals surface area (Å²) < 4.78 is 6.15. The van der Waals surface area contributed by atoms with Crippen LogP contribution < -0.4 is 15.8 Å². The van der Waals surface area contributed by atoms with Crippen LogP contribution in [0.25, 0.3) is 0 Å². The summed E-state index contributed by atoms with van der Waals surface area (Å²) in [5.74, 6) is 1.02. The van der Waals surface area contributed by atoms with Gasteiger partial charge in [0.2, 0.25) is 5.91 Å². The monoisotopic (exact) mass is 367 g/mol. The van der Waals surface area contributed by atoms with E-state index in [0.29, 0.717) is 13.0 Å². The molecule has 1 amide bonds. The summed E-state index contributed by atoms with van der Waals surface area (Å²) >= 11 is 0. The second-order valence-corrected chi connectivity index (χ2v) is 7.38. The molecule has 3 rings (SSSR count). The number of carbonyl (C=O) groups is 1. The molecular weight excluding hydrogens is 338 g/mol. The number of ether oxygens (including phenoxy) is 1. The molecule has 0 unspecified atom stereocenters. The molecule has 0 spiro atoms. The van der Waals surface area contributed by atoms with Gasteiger partial charge >= 0.3 is 0 Å². The molecule has 0 fully saturated rings. The normalized spacial score (nSPS) is 13.4. The molecule has 144 valence electrons. The van der Waals surface area contributed by atoms with Crippen molar-refractivity contribution in [1.29, 1.82) is 0 Å². The number of nitrogens with two attached hydrogens (primary N) is 1. The van der Waals surface area contributed by atoms with Gasteiger partial charge in [0.05, 0.1) is 5.69 Å². The van der Waals surface area contributed by atoms with E-state index < -0.39 is 0 Å². The summed E-state index contributed by atoms with van der Waals surface area (Å²) in [5.41, 5.74) is 12.1. The lowest BCUT2D eigenvalue weighted by Gasteiger charge is -2.24. The Morgan fingerprint density at radius 2 is 1.85 bits per heavy atom. The second-order valence-electron chi connectivity index (χ2n) is 7.38. The standard InChI is InChI=1S/C22H29N3O2/c1-15-14-16(2)22(19-8-9-20(26)24-21(15)19)27-13-12-25(3)11-10-17-4-6-18(23)7-5-17/h4-7,14H,8-13,23H2,1-3H3,(H,24,26). The highest BCUT2D eigenvalue weighted by Gasteiger charge is 2.22. The van der Waals surface area contributed by atoms with Crippen LogP contribution in [0.5, 0.6) is 5.75 Å². The quantitative estimate of drug-likeness (QED) is 0.737. The fourth-order valence-electron chi connectivity index (χ4n) is 3.53. The molecule has 0 saturated heterocycles. The minimum absolute atomic E-state index is 0.0859. The Morgan fingerprint density at radius 1 is 1.11 bits per heavy atom. The average Bonchev–Trinajstić information content (AvgIpc) is 2.64. The van der Waals surface area contributed by atoms with Gasteiger partial charge in [0.1, 0.15) is 12.4 Å². The molecule has 5 nitrogen and oxygen atoms in total. The van der Waals surface area contributed by atoms with Crippen LogP contribution in [0.1, 0.15) is 28.7 Å². The zero-order valence-electron chi connectivity index (χ0n) is 16.5. The van der Waals surface area contributed by atoms with Gasteiger partial charge in [-0.1, -0.05) is 18.2 Å². The molecule has 1 aliphatic rings. The van der Waals surface area contributed by atoms with E-state index in [-0.39, 0.29) is 5.91 Å². The van der Waals surface area contributed by atoms with Crippen LogP contribution in [-0.2, 0) is 17.6 Å². The first kappa shape index (κ1) is 19.2. The van der Waals surface area contributed by atoms with E-state index in [0.717, 1.165) is 59.7 Å². The largest absolute Gasteiger partial charge is 0.492 e. The van der Waals surface area contributed by atoms with Gasteiger partial charge in [-0.15, -0.1) is 0 Å². The average molecular weight is 367 g/mol.